The van der Waals surface area contributed by atoms with E-state index in [9.17, 15) is 29.7 Å². The number of carbonyl (C=O) groups is 3. The topological polar surface area (TPSA) is 188 Å². The first kappa shape index (κ1) is 22.1. The lowest BCUT2D eigenvalue weighted by Crippen LogP contribution is -2.63. The predicted octanol–water partition coefficient (Wildman–Crippen LogP) is 0.633. The zero-order valence-corrected chi connectivity index (χ0v) is 18.3. The largest absolute Gasteiger partial charge is 0.508 e. The maximum atomic E-state index is 13.8. The van der Waals surface area contributed by atoms with E-state index in [2.05, 4.69) is 15.6 Å². The van der Waals surface area contributed by atoms with Gasteiger partial charge in [-0.1, -0.05) is 0 Å². The number of benzene rings is 1. The van der Waals surface area contributed by atoms with Crippen molar-refractivity contribution < 1.29 is 34.1 Å². The number of amides is 1. The van der Waals surface area contributed by atoms with E-state index in [1.807, 2.05) is 0 Å². The van der Waals surface area contributed by atoms with Gasteiger partial charge in [-0.05, 0) is 43.4 Å². The fourth-order valence-corrected chi connectivity index (χ4v) is 5.45. The number of nitrogens with one attached hydrogen (secondary N) is 2. The van der Waals surface area contributed by atoms with E-state index in [1.165, 1.54) is 6.39 Å². The second kappa shape index (κ2) is 7.67. The average Bonchev–Trinajstić information content (AvgIpc) is 3.27. The number of primary amides is 1. The number of oxazole rings is 1. The highest BCUT2D eigenvalue weighted by atomic mass is 16.4. The van der Waals surface area contributed by atoms with Crippen LogP contribution in [0, 0.1) is 5.92 Å². The maximum absolute atomic E-state index is 13.8. The summed E-state index contributed by atoms with van der Waals surface area (Å²) in [4.78, 5) is 42.5. The first-order valence-electron chi connectivity index (χ1n) is 11.0. The van der Waals surface area contributed by atoms with Crippen molar-refractivity contribution in [2.75, 3.05) is 18.9 Å². The van der Waals surface area contributed by atoms with Gasteiger partial charge in [-0.25, -0.2) is 4.98 Å². The van der Waals surface area contributed by atoms with Crippen molar-refractivity contribution in [2.24, 2.45) is 11.7 Å². The molecule has 1 fully saturated rings. The van der Waals surface area contributed by atoms with E-state index in [-0.39, 0.29) is 36.1 Å². The summed E-state index contributed by atoms with van der Waals surface area (Å²) in [6.07, 6.45) is 1.93. The third kappa shape index (κ3) is 2.90. The van der Waals surface area contributed by atoms with Crippen molar-refractivity contribution in [3.8, 4) is 0 Å². The highest BCUT2D eigenvalue weighted by molar-refractivity contribution is 6.21. The van der Waals surface area contributed by atoms with Gasteiger partial charge in [0.25, 0.3) is 5.91 Å². The predicted molar refractivity (Wildman–Crippen MR) is 120 cm³/mol. The van der Waals surface area contributed by atoms with Gasteiger partial charge in [-0.3, -0.25) is 14.4 Å². The van der Waals surface area contributed by atoms with Gasteiger partial charge in [-0.15, -0.1) is 0 Å². The number of fused-ring (bicyclic) bond motifs is 5. The first-order chi connectivity index (χ1) is 16.2. The monoisotopic (exact) mass is 468 g/mol. The number of rotatable bonds is 2. The van der Waals surface area contributed by atoms with Crippen molar-refractivity contribution in [3.63, 3.8) is 0 Å². The standard InChI is InChI=1S/C23H24N4O7/c1-25-11-7-12-19(34-8-27-12)16-10(11)5-9-6-14-23(33,20(30)15(9)18(16)29)21(31)17(22(24)32)13(28)3-2-4-26-14/h7-9,14,25-26,29,31,33H,2-6H2,1H3,(H2,24,32)/t9-,14+,23-/m0/s1. The number of hydrogen-bond donors (Lipinski definition) is 6. The molecule has 3 atom stereocenters. The summed E-state index contributed by atoms with van der Waals surface area (Å²) >= 11 is 0. The highest BCUT2D eigenvalue weighted by Gasteiger charge is 2.58. The minimum absolute atomic E-state index is 0.0931. The number of ketones is 2. The van der Waals surface area contributed by atoms with Crippen molar-refractivity contribution in [1.29, 1.82) is 0 Å². The molecule has 11 nitrogen and oxygen atoms in total. The number of Topliss-reactive ketones (excluding diaryl/α,β-unsaturated/α-hetero) is 2. The molecule has 1 aromatic heterocycles. The molecule has 0 bridgehead atoms. The van der Waals surface area contributed by atoms with E-state index >= 15 is 0 Å². The molecule has 1 aliphatic heterocycles. The van der Waals surface area contributed by atoms with Gasteiger partial charge in [-0.2, -0.15) is 0 Å². The number of carbonyl (C=O) groups excluding carboxylic acids is 3. The number of nitrogens with two attached hydrogens (primary N) is 1. The van der Waals surface area contributed by atoms with Crippen LogP contribution in [0.2, 0.25) is 0 Å². The van der Waals surface area contributed by atoms with Crippen molar-refractivity contribution in [1.82, 2.24) is 10.3 Å². The summed E-state index contributed by atoms with van der Waals surface area (Å²) in [7, 11) is 1.73. The lowest BCUT2D eigenvalue weighted by molar-refractivity contribution is -0.139. The van der Waals surface area contributed by atoms with E-state index in [0.717, 1.165) is 5.56 Å². The Morgan fingerprint density at radius 1 is 1.35 bits per heavy atom. The molecule has 178 valence electrons. The molecule has 2 heterocycles. The molecule has 5 rings (SSSR count). The Morgan fingerprint density at radius 3 is 2.82 bits per heavy atom. The third-order valence-corrected chi connectivity index (χ3v) is 7.06. The fourth-order valence-electron chi connectivity index (χ4n) is 5.45. The highest BCUT2D eigenvalue weighted by Crippen LogP contribution is 2.48. The molecular weight excluding hydrogens is 444 g/mol. The number of aliphatic hydroxyl groups is 3. The summed E-state index contributed by atoms with van der Waals surface area (Å²) < 4.78 is 5.49. The number of hydrogen-bond acceptors (Lipinski definition) is 10. The smallest absolute Gasteiger partial charge is 0.255 e. The molecule has 2 aromatic rings. The van der Waals surface area contributed by atoms with Crippen LogP contribution in [0.4, 0.5) is 5.69 Å². The summed E-state index contributed by atoms with van der Waals surface area (Å²) in [5.74, 6) is -5.00. The van der Waals surface area contributed by atoms with E-state index in [0.29, 0.717) is 24.0 Å². The SMILES string of the molecule is CNc1cc2ncoc2c2c1C[C@H]1C[C@H]3NCCCC(=O)C(C(N)=O)=C(O)[C@@]3(O)C(=O)C1=C2O. The van der Waals surface area contributed by atoms with E-state index in [1.54, 1.807) is 13.1 Å². The molecule has 3 aliphatic rings. The van der Waals surface area contributed by atoms with Gasteiger partial charge in [0.2, 0.25) is 11.4 Å². The molecule has 0 saturated heterocycles. The lowest BCUT2D eigenvalue weighted by atomic mass is 9.64. The Labute approximate surface area is 193 Å². The van der Waals surface area contributed by atoms with Crippen LogP contribution in [0.15, 0.2) is 33.8 Å². The molecule has 0 spiro atoms. The van der Waals surface area contributed by atoms with Crippen molar-refractivity contribution >= 4 is 40.0 Å². The Morgan fingerprint density at radius 2 is 2.12 bits per heavy atom. The van der Waals surface area contributed by atoms with Crippen LogP contribution in [-0.2, 0) is 20.8 Å². The third-order valence-electron chi connectivity index (χ3n) is 7.06. The Bertz CT molecular complexity index is 1320. The van der Waals surface area contributed by atoms with Gasteiger partial charge in [0, 0.05) is 24.7 Å². The van der Waals surface area contributed by atoms with Crippen LogP contribution in [0.3, 0.4) is 0 Å². The van der Waals surface area contributed by atoms with Gasteiger partial charge in [0.05, 0.1) is 11.6 Å². The summed E-state index contributed by atoms with van der Waals surface area (Å²) in [6, 6.07) is 0.768. The van der Waals surface area contributed by atoms with Crippen molar-refractivity contribution in [3.05, 3.63) is 40.5 Å². The van der Waals surface area contributed by atoms with Crippen LogP contribution in [0.1, 0.15) is 30.4 Å². The maximum Gasteiger partial charge on any atom is 0.255 e. The fraction of sp³-hybridized carbons (Fsp3) is 0.391. The molecular formula is C23H24N4O7. The van der Waals surface area contributed by atoms with Crippen LogP contribution < -0.4 is 16.4 Å². The van der Waals surface area contributed by atoms with Gasteiger partial charge in [0.15, 0.2) is 17.8 Å². The lowest BCUT2D eigenvalue weighted by Gasteiger charge is -2.44. The molecule has 1 aromatic carbocycles. The Balaban J connectivity index is 1.76. The van der Waals surface area contributed by atoms with E-state index < -0.39 is 52.1 Å². The number of nitrogens with zero attached hydrogens (tertiary/aromatic N) is 1. The molecule has 0 unspecified atom stereocenters. The zero-order valence-electron chi connectivity index (χ0n) is 18.3. The van der Waals surface area contributed by atoms with Crippen LogP contribution in [-0.4, -0.2) is 63.0 Å². The molecule has 7 N–H and O–H groups in total. The van der Waals surface area contributed by atoms with Crippen LogP contribution in [0.25, 0.3) is 16.9 Å². The second-order valence-electron chi connectivity index (χ2n) is 8.84. The molecule has 1 amide bonds. The van der Waals surface area contributed by atoms with Gasteiger partial charge in [0.1, 0.15) is 22.6 Å². The first-order valence-corrected chi connectivity index (χ1v) is 11.0. The number of anilines is 1. The van der Waals surface area contributed by atoms with Crippen LogP contribution >= 0.6 is 0 Å². The summed E-state index contributed by atoms with van der Waals surface area (Å²) in [5.41, 5.74) is 4.22. The molecule has 1 saturated carbocycles. The molecule has 34 heavy (non-hydrogen) atoms. The Kier molecular flexibility index (Phi) is 4.99. The molecule has 11 heteroatoms. The van der Waals surface area contributed by atoms with E-state index in [4.69, 9.17) is 10.2 Å². The quantitative estimate of drug-likeness (QED) is 0.341. The molecule has 2 aliphatic carbocycles. The average molecular weight is 468 g/mol. The number of aromatic nitrogens is 1. The normalized spacial score (nSPS) is 27.5. The number of aliphatic hydroxyl groups excluding tert-OH is 2. The second-order valence-corrected chi connectivity index (χ2v) is 8.84. The molecule has 0 radical (unpaired) electrons. The van der Waals surface area contributed by atoms with Crippen LogP contribution in [0.5, 0.6) is 0 Å². The van der Waals surface area contributed by atoms with Crippen molar-refractivity contribution in [2.45, 2.75) is 37.3 Å². The zero-order chi connectivity index (χ0) is 24.4. The minimum atomic E-state index is -2.66. The van der Waals surface area contributed by atoms with Gasteiger partial charge >= 0.3 is 0 Å². The summed E-state index contributed by atoms with van der Waals surface area (Å²) in [5, 5.41) is 40.0. The summed E-state index contributed by atoms with van der Waals surface area (Å²) in [6.45, 7) is 0.264. The van der Waals surface area contributed by atoms with Gasteiger partial charge < -0.3 is 36.1 Å². The minimum Gasteiger partial charge on any atom is -0.508 e. The Hall–Kier alpha value is -3.70.